The third-order valence-electron chi connectivity index (χ3n) is 4.06. The molecule has 7 heteroatoms. The van der Waals surface area contributed by atoms with E-state index >= 15 is 0 Å². The molecule has 0 aromatic heterocycles. The molecule has 0 aliphatic heterocycles. The number of amides is 1. The van der Waals surface area contributed by atoms with E-state index in [4.69, 9.17) is 17.0 Å². The lowest BCUT2D eigenvalue weighted by molar-refractivity contribution is 0.0378. The van der Waals surface area contributed by atoms with Gasteiger partial charge in [0.2, 0.25) is 0 Å². The number of carbonyl (C=O) groups excluding carboxylic acids is 2. The van der Waals surface area contributed by atoms with Crippen molar-refractivity contribution in [1.29, 1.82) is 0 Å². The number of benzene rings is 3. The molecule has 0 heterocycles. The molecule has 29 heavy (non-hydrogen) atoms. The molecule has 0 radical (unpaired) electrons. The van der Waals surface area contributed by atoms with Crippen LogP contribution in [0.2, 0.25) is 0 Å². The Morgan fingerprint density at radius 1 is 0.966 bits per heavy atom. The summed E-state index contributed by atoms with van der Waals surface area (Å²) in [5.41, 5.74) is 1.62. The van der Waals surface area contributed by atoms with Gasteiger partial charge in [-0.1, -0.05) is 40.2 Å². The maximum absolute atomic E-state index is 12.7. The highest BCUT2D eigenvalue weighted by Crippen LogP contribution is 2.26. The van der Waals surface area contributed by atoms with Crippen molar-refractivity contribution in [2.45, 2.75) is 20.0 Å². The highest BCUT2D eigenvalue weighted by Gasteiger charge is 2.13. The molecule has 0 bridgehead atoms. The van der Waals surface area contributed by atoms with Gasteiger partial charge in [0, 0.05) is 15.7 Å². The van der Waals surface area contributed by atoms with Crippen molar-refractivity contribution < 1.29 is 14.3 Å². The Labute approximate surface area is 182 Å². The number of carbonyl (C=O) groups is 2. The van der Waals surface area contributed by atoms with Crippen molar-refractivity contribution >= 4 is 61.6 Å². The van der Waals surface area contributed by atoms with E-state index in [1.807, 2.05) is 30.3 Å². The van der Waals surface area contributed by atoms with Crippen molar-refractivity contribution in [1.82, 2.24) is 5.32 Å². The Bertz CT molecular complexity index is 1080. The van der Waals surface area contributed by atoms with Crippen LogP contribution in [-0.4, -0.2) is 23.1 Å². The van der Waals surface area contributed by atoms with Crippen molar-refractivity contribution in [3.05, 3.63) is 76.3 Å². The zero-order valence-electron chi connectivity index (χ0n) is 15.9. The molecule has 2 N–H and O–H groups in total. The van der Waals surface area contributed by atoms with E-state index < -0.39 is 0 Å². The van der Waals surface area contributed by atoms with Crippen LogP contribution in [0.1, 0.15) is 34.6 Å². The van der Waals surface area contributed by atoms with Crippen LogP contribution in [-0.2, 0) is 4.74 Å². The van der Waals surface area contributed by atoms with Gasteiger partial charge < -0.3 is 10.1 Å². The lowest BCUT2D eigenvalue weighted by Gasteiger charge is -2.12. The van der Waals surface area contributed by atoms with Gasteiger partial charge in [-0.05, 0) is 73.2 Å². The number of hydrogen-bond donors (Lipinski definition) is 2. The molecule has 3 aromatic carbocycles. The van der Waals surface area contributed by atoms with Crippen LogP contribution < -0.4 is 10.6 Å². The first-order valence-electron chi connectivity index (χ1n) is 8.96. The fraction of sp³-hybridized carbons (Fsp3) is 0.136. The predicted octanol–water partition coefficient (Wildman–Crippen LogP) is 5.29. The van der Waals surface area contributed by atoms with E-state index in [1.165, 1.54) is 0 Å². The summed E-state index contributed by atoms with van der Waals surface area (Å²) in [5, 5.41) is 7.58. The number of thiocarbonyl (C=S) groups is 1. The minimum Gasteiger partial charge on any atom is -0.459 e. The highest BCUT2D eigenvalue weighted by molar-refractivity contribution is 9.10. The van der Waals surface area contributed by atoms with E-state index in [9.17, 15) is 9.59 Å². The summed E-state index contributed by atoms with van der Waals surface area (Å²) < 4.78 is 6.07. The maximum Gasteiger partial charge on any atom is 0.338 e. The molecule has 0 aliphatic rings. The molecule has 148 valence electrons. The summed E-state index contributed by atoms with van der Waals surface area (Å²) in [4.78, 5) is 24.6. The molecule has 0 saturated carbocycles. The fourth-order valence-electron chi connectivity index (χ4n) is 2.77. The minimum absolute atomic E-state index is 0.166. The number of anilines is 1. The summed E-state index contributed by atoms with van der Waals surface area (Å²) in [6.07, 6.45) is -0.183. The Kier molecular flexibility index (Phi) is 6.61. The summed E-state index contributed by atoms with van der Waals surface area (Å²) in [5.74, 6) is -0.687. The number of esters is 1. The van der Waals surface area contributed by atoms with Gasteiger partial charge in [0.15, 0.2) is 5.11 Å². The SMILES string of the molecule is CC(C)OC(=O)c1ccc(NC(=S)NC(=O)c2cccc3c(Br)cccc23)cc1. The fourth-order valence-corrected chi connectivity index (χ4v) is 3.48. The molecule has 3 aromatic rings. The van der Waals surface area contributed by atoms with Gasteiger partial charge in [0.05, 0.1) is 11.7 Å². The van der Waals surface area contributed by atoms with E-state index in [0.717, 1.165) is 15.2 Å². The van der Waals surface area contributed by atoms with Crippen LogP contribution in [0.15, 0.2) is 65.1 Å². The van der Waals surface area contributed by atoms with Gasteiger partial charge in [0.1, 0.15) is 0 Å². The van der Waals surface area contributed by atoms with Gasteiger partial charge in [-0.3, -0.25) is 10.1 Å². The summed E-state index contributed by atoms with van der Waals surface area (Å²) in [6.45, 7) is 3.59. The second kappa shape index (κ2) is 9.15. The largest absolute Gasteiger partial charge is 0.459 e. The van der Waals surface area contributed by atoms with Gasteiger partial charge in [-0.15, -0.1) is 0 Å². The van der Waals surface area contributed by atoms with Gasteiger partial charge in [-0.25, -0.2) is 4.79 Å². The van der Waals surface area contributed by atoms with Crippen molar-refractivity contribution in [3.63, 3.8) is 0 Å². The van der Waals surface area contributed by atoms with E-state index in [2.05, 4.69) is 26.6 Å². The van der Waals surface area contributed by atoms with E-state index in [-0.39, 0.29) is 23.1 Å². The molecule has 0 unspecified atom stereocenters. The maximum atomic E-state index is 12.7. The standard InChI is InChI=1S/C22H19BrN2O3S/c1-13(2)28-21(27)14-9-11-15(12-10-14)24-22(29)25-20(26)18-7-3-6-17-16(18)5-4-8-19(17)23/h3-13H,1-2H3,(H2,24,25,26,29). The molecule has 0 atom stereocenters. The van der Waals surface area contributed by atoms with Gasteiger partial charge >= 0.3 is 5.97 Å². The number of halogens is 1. The average Bonchev–Trinajstić information content (AvgIpc) is 2.67. The summed E-state index contributed by atoms with van der Waals surface area (Å²) >= 11 is 8.76. The number of nitrogens with one attached hydrogen (secondary N) is 2. The molecule has 5 nitrogen and oxygen atoms in total. The van der Waals surface area contributed by atoms with Crippen molar-refractivity contribution in [3.8, 4) is 0 Å². The molecular formula is C22H19BrN2O3S. The molecule has 0 fully saturated rings. The monoisotopic (exact) mass is 470 g/mol. The quantitative estimate of drug-likeness (QED) is 0.400. The molecule has 0 spiro atoms. The van der Waals surface area contributed by atoms with Crippen LogP contribution in [0.3, 0.4) is 0 Å². The first kappa shape index (κ1) is 21.0. The minimum atomic E-state index is -0.385. The van der Waals surface area contributed by atoms with Crippen LogP contribution in [0, 0.1) is 0 Å². The predicted molar refractivity (Wildman–Crippen MR) is 122 cm³/mol. The summed E-state index contributed by atoms with van der Waals surface area (Å²) in [7, 11) is 0. The van der Waals surface area contributed by atoms with E-state index in [1.54, 1.807) is 44.2 Å². The molecule has 3 rings (SSSR count). The molecule has 1 amide bonds. The van der Waals surface area contributed by atoms with Crippen molar-refractivity contribution in [2.24, 2.45) is 0 Å². The van der Waals surface area contributed by atoms with Crippen LogP contribution >= 0.6 is 28.1 Å². The zero-order chi connectivity index (χ0) is 21.0. The van der Waals surface area contributed by atoms with Crippen LogP contribution in [0.25, 0.3) is 10.8 Å². The van der Waals surface area contributed by atoms with Crippen LogP contribution in [0.4, 0.5) is 5.69 Å². The average molecular weight is 471 g/mol. The van der Waals surface area contributed by atoms with Gasteiger partial charge in [-0.2, -0.15) is 0 Å². The van der Waals surface area contributed by atoms with Crippen molar-refractivity contribution in [2.75, 3.05) is 5.32 Å². The Morgan fingerprint density at radius 2 is 1.62 bits per heavy atom. The third-order valence-corrected chi connectivity index (χ3v) is 4.96. The van der Waals surface area contributed by atoms with Crippen LogP contribution in [0.5, 0.6) is 0 Å². The second-order valence-corrected chi connectivity index (χ2v) is 7.84. The second-order valence-electron chi connectivity index (χ2n) is 6.58. The van der Waals surface area contributed by atoms with E-state index in [0.29, 0.717) is 16.8 Å². The lowest BCUT2D eigenvalue weighted by Crippen LogP contribution is -2.34. The molecule has 0 aliphatic carbocycles. The smallest absolute Gasteiger partial charge is 0.338 e. The number of ether oxygens (including phenoxy) is 1. The molecular weight excluding hydrogens is 452 g/mol. The third kappa shape index (κ3) is 5.19. The molecule has 0 saturated heterocycles. The Morgan fingerprint density at radius 3 is 2.31 bits per heavy atom. The Balaban J connectivity index is 1.68. The number of hydrogen-bond acceptors (Lipinski definition) is 4. The first-order valence-corrected chi connectivity index (χ1v) is 10.2. The number of fused-ring (bicyclic) bond motifs is 1. The highest BCUT2D eigenvalue weighted by atomic mass is 79.9. The van der Waals surface area contributed by atoms with Gasteiger partial charge in [0.25, 0.3) is 5.91 Å². The summed E-state index contributed by atoms with van der Waals surface area (Å²) in [6, 6.07) is 17.9. The Hall–Kier alpha value is -2.77. The lowest BCUT2D eigenvalue weighted by atomic mass is 10.0. The normalized spacial score (nSPS) is 10.6. The topological polar surface area (TPSA) is 67.4 Å². The number of rotatable bonds is 4. The first-order chi connectivity index (χ1) is 13.8. The zero-order valence-corrected chi connectivity index (χ0v) is 18.3.